The molecule has 2 aliphatic carbocycles. The summed E-state index contributed by atoms with van der Waals surface area (Å²) in [6, 6.07) is 0. The van der Waals surface area contributed by atoms with Crippen LogP contribution >= 0.6 is 0 Å². The summed E-state index contributed by atoms with van der Waals surface area (Å²) >= 11 is 0. The van der Waals surface area contributed by atoms with Crippen LogP contribution in [0, 0.1) is 11.8 Å². The van der Waals surface area contributed by atoms with Crippen LogP contribution in [-0.2, 0) is 4.74 Å². The van der Waals surface area contributed by atoms with Crippen LogP contribution in [0.1, 0.15) is 20.8 Å². The van der Waals surface area contributed by atoms with Gasteiger partial charge in [0.1, 0.15) is 0 Å². The van der Waals surface area contributed by atoms with Gasteiger partial charge in [-0.1, -0.05) is 12.2 Å². The first kappa shape index (κ1) is 10.1. The first-order valence-electron chi connectivity index (χ1n) is 5.12. The summed E-state index contributed by atoms with van der Waals surface area (Å²) in [7, 11) is 0. The normalized spacial score (nSPS) is 46.2. The largest absolute Gasteiger partial charge is 0.390 e. The molecule has 0 amide bonds. The van der Waals surface area contributed by atoms with Gasteiger partial charge in [0, 0.05) is 11.8 Å². The van der Waals surface area contributed by atoms with E-state index in [1.807, 2.05) is 32.9 Å². The number of aliphatic hydroxyl groups excluding tert-OH is 2. The maximum Gasteiger partial charge on any atom is 0.0893 e. The molecule has 1 fully saturated rings. The van der Waals surface area contributed by atoms with E-state index in [-0.39, 0.29) is 23.5 Å². The summed E-state index contributed by atoms with van der Waals surface area (Å²) < 4.78 is 5.84. The van der Waals surface area contributed by atoms with E-state index in [2.05, 4.69) is 0 Å². The van der Waals surface area contributed by atoms with E-state index in [4.69, 9.17) is 4.74 Å². The van der Waals surface area contributed by atoms with E-state index in [0.717, 1.165) is 0 Å². The van der Waals surface area contributed by atoms with Crippen molar-refractivity contribution in [3.05, 3.63) is 12.2 Å². The molecule has 2 aliphatic rings. The summed E-state index contributed by atoms with van der Waals surface area (Å²) in [6.07, 6.45) is 2.55. The minimum absolute atomic E-state index is 0.0331. The van der Waals surface area contributed by atoms with Gasteiger partial charge in [-0.05, 0) is 20.8 Å². The van der Waals surface area contributed by atoms with Gasteiger partial charge in [-0.25, -0.2) is 0 Å². The smallest absolute Gasteiger partial charge is 0.0893 e. The number of hydrogen-bond donors (Lipinski definition) is 2. The average molecular weight is 198 g/mol. The van der Waals surface area contributed by atoms with Gasteiger partial charge in [0.25, 0.3) is 0 Å². The molecule has 80 valence electrons. The Bertz CT molecular complexity index is 236. The molecule has 1 unspecified atom stereocenters. The van der Waals surface area contributed by atoms with Gasteiger partial charge in [-0.2, -0.15) is 0 Å². The first-order chi connectivity index (χ1) is 6.40. The highest BCUT2D eigenvalue weighted by atomic mass is 16.5. The third-order valence-electron chi connectivity index (χ3n) is 2.94. The van der Waals surface area contributed by atoms with Gasteiger partial charge in [-0.3, -0.25) is 0 Å². The Morgan fingerprint density at radius 2 is 1.43 bits per heavy atom. The number of hydrogen-bond acceptors (Lipinski definition) is 3. The van der Waals surface area contributed by atoms with Gasteiger partial charge in [0.15, 0.2) is 0 Å². The Hall–Kier alpha value is -0.380. The molecule has 0 saturated heterocycles. The van der Waals surface area contributed by atoms with Crippen molar-refractivity contribution < 1.29 is 14.9 Å². The molecule has 2 rings (SSSR count). The zero-order valence-corrected chi connectivity index (χ0v) is 8.84. The molecule has 0 heterocycles. The molecule has 2 N–H and O–H groups in total. The predicted octanol–water partition coefficient (Wildman–Crippen LogP) is 0.708. The van der Waals surface area contributed by atoms with Crippen LogP contribution < -0.4 is 0 Å². The van der Waals surface area contributed by atoms with E-state index < -0.39 is 12.2 Å². The van der Waals surface area contributed by atoms with Gasteiger partial charge in [0.05, 0.1) is 23.9 Å². The molecule has 5 atom stereocenters. The SMILES string of the molecule is CC(C)(C)OC1[C@H]2C=C[C@@H]1[C@H](O)[C@@H]2O. The number of fused-ring (bicyclic) bond motifs is 2. The van der Waals surface area contributed by atoms with E-state index in [0.29, 0.717) is 0 Å². The van der Waals surface area contributed by atoms with Crippen molar-refractivity contribution in [2.45, 2.75) is 44.7 Å². The summed E-state index contributed by atoms with van der Waals surface area (Å²) in [5, 5.41) is 19.3. The van der Waals surface area contributed by atoms with E-state index in [1.54, 1.807) is 0 Å². The molecule has 0 radical (unpaired) electrons. The lowest BCUT2D eigenvalue weighted by Crippen LogP contribution is -2.32. The monoisotopic (exact) mass is 198 g/mol. The molecule has 3 nitrogen and oxygen atoms in total. The molecule has 0 spiro atoms. The zero-order chi connectivity index (χ0) is 10.5. The van der Waals surface area contributed by atoms with Crippen LogP contribution in [0.25, 0.3) is 0 Å². The van der Waals surface area contributed by atoms with Crippen molar-refractivity contribution in [3.63, 3.8) is 0 Å². The molecule has 0 aromatic rings. The van der Waals surface area contributed by atoms with E-state index in [1.165, 1.54) is 0 Å². The van der Waals surface area contributed by atoms with Crippen molar-refractivity contribution >= 4 is 0 Å². The highest BCUT2D eigenvalue weighted by Gasteiger charge is 2.52. The van der Waals surface area contributed by atoms with Crippen LogP contribution in [0.4, 0.5) is 0 Å². The lowest BCUT2D eigenvalue weighted by molar-refractivity contribution is -0.0824. The second kappa shape index (κ2) is 3.05. The summed E-state index contributed by atoms with van der Waals surface area (Å²) in [5.41, 5.74) is -0.225. The van der Waals surface area contributed by atoms with Gasteiger partial charge in [0.2, 0.25) is 0 Å². The molecule has 14 heavy (non-hydrogen) atoms. The average Bonchev–Trinajstić information content (AvgIpc) is 2.49. The van der Waals surface area contributed by atoms with Crippen LogP contribution in [0.2, 0.25) is 0 Å². The molecule has 1 saturated carbocycles. The molecular weight excluding hydrogens is 180 g/mol. The maximum absolute atomic E-state index is 9.67. The molecule has 0 aromatic heterocycles. The predicted molar refractivity (Wildman–Crippen MR) is 52.8 cm³/mol. The maximum atomic E-state index is 9.67. The first-order valence-corrected chi connectivity index (χ1v) is 5.12. The van der Waals surface area contributed by atoms with E-state index >= 15 is 0 Å². The third-order valence-corrected chi connectivity index (χ3v) is 2.94. The van der Waals surface area contributed by atoms with Gasteiger partial charge in [-0.15, -0.1) is 0 Å². The topological polar surface area (TPSA) is 49.7 Å². The minimum atomic E-state index is -0.655. The Balaban J connectivity index is 2.11. The van der Waals surface area contributed by atoms with Crippen molar-refractivity contribution in [1.29, 1.82) is 0 Å². The van der Waals surface area contributed by atoms with Crippen molar-refractivity contribution in [1.82, 2.24) is 0 Å². The van der Waals surface area contributed by atoms with Crippen molar-refractivity contribution in [2.75, 3.05) is 0 Å². The van der Waals surface area contributed by atoms with Crippen LogP contribution in [0.5, 0.6) is 0 Å². The Morgan fingerprint density at radius 1 is 1.00 bits per heavy atom. The fourth-order valence-electron chi connectivity index (χ4n) is 2.37. The quantitative estimate of drug-likeness (QED) is 0.610. The third kappa shape index (κ3) is 1.49. The molecule has 0 aliphatic heterocycles. The molecule has 3 heteroatoms. The number of rotatable bonds is 1. The summed E-state index contributed by atoms with van der Waals surface area (Å²) in [4.78, 5) is 0. The number of ether oxygens (including phenoxy) is 1. The Kier molecular flexibility index (Phi) is 2.21. The van der Waals surface area contributed by atoms with Crippen LogP contribution in [0.3, 0.4) is 0 Å². The minimum Gasteiger partial charge on any atom is -0.390 e. The molecular formula is C11H18O3. The Morgan fingerprint density at radius 3 is 1.79 bits per heavy atom. The summed E-state index contributed by atoms with van der Waals surface area (Å²) in [5.74, 6) is -0.0663. The highest BCUT2D eigenvalue weighted by Crippen LogP contribution is 2.43. The highest BCUT2D eigenvalue weighted by molar-refractivity contribution is 5.20. The van der Waals surface area contributed by atoms with Crippen molar-refractivity contribution in [3.8, 4) is 0 Å². The van der Waals surface area contributed by atoms with Crippen molar-refractivity contribution in [2.24, 2.45) is 11.8 Å². The molecule has 0 aromatic carbocycles. The second-order valence-corrected chi connectivity index (χ2v) is 5.22. The van der Waals surface area contributed by atoms with Crippen LogP contribution in [-0.4, -0.2) is 34.1 Å². The standard InChI is InChI=1S/C11H18O3/c1-11(2,3)14-10-6-4-5-7(10)9(13)8(6)12/h4-10,12-13H,1-3H3/t6-,7+,8+,9-,10?. The van der Waals surface area contributed by atoms with Crippen LogP contribution in [0.15, 0.2) is 12.2 Å². The zero-order valence-electron chi connectivity index (χ0n) is 8.84. The fourth-order valence-corrected chi connectivity index (χ4v) is 2.37. The van der Waals surface area contributed by atoms with Gasteiger partial charge >= 0.3 is 0 Å². The fraction of sp³-hybridized carbons (Fsp3) is 0.818. The lowest BCUT2D eigenvalue weighted by atomic mass is 10.0. The summed E-state index contributed by atoms with van der Waals surface area (Å²) in [6.45, 7) is 5.97. The lowest BCUT2D eigenvalue weighted by Gasteiger charge is -2.27. The molecule has 2 bridgehead atoms. The Labute approximate surface area is 84.4 Å². The number of aliphatic hydroxyl groups is 2. The second-order valence-electron chi connectivity index (χ2n) is 5.22. The van der Waals surface area contributed by atoms with E-state index in [9.17, 15) is 10.2 Å². The van der Waals surface area contributed by atoms with Gasteiger partial charge < -0.3 is 14.9 Å².